The molecule has 0 radical (unpaired) electrons. The molecule has 0 bridgehead atoms. The number of allylic oxidation sites excluding steroid dienone is 4. The Bertz CT molecular complexity index is 284. The summed E-state index contributed by atoms with van der Waals surface area (Å²) in [6, 6.07) is 0. The molecule has 3 nitrogen and oxygen atoms in total. The molecule has 0 fully saturated rings. The van der Waals surface area contributed by atoms with Gasteiger partial charge in [-0.2, -0.15) is 0 Å². The summed E-state index contributed by atoms with van der Waals surface area (Å²) in [6.45, 7) is 3.47. The van der Waals surface area contributed by atoms with Crippen LogP contribution in [0.3, 0.4) is 0 Å². The van der Waals surface area contributed by atoms with Crippen LogP contribution >= 0.6 is 0 Å². The zero-order chi connectivity index (χ0) is 8.43. The third-order valence-electron chi connectivity index (χ3n) is 1.82. The first kappa shape index (κ1) is 7.72. The van der Waals surface area contributed by atoms with Crippen molar-refractivity contribution in [3.63, 3.8) is 0 Å². The minimum absolute atomic E-state index is 0.0186. The molecule has 0 aromatic carbocycles. The van der Waals surface area contributed by atoms with Crippen molar-refractivity contribution in [1.82, 2.24) is 0 Å². The molecular formula is C8H9NO2. The van der Waals surface area contributed by atoms with E-state index in [1.54, 1.807) is 13.8 Å². The molecule has 0 aliphatic heterocycles. The van der Waals surface area contributed by atoms with Crippen LogP contribution in [0.25, 0.3) is 0 Å². The van der Waals surface area contributed by atoms with E-state index in [9.17, 15) is 4.79 Å². The predicted molar refractivity (Wildman–Crippen MR) is 41.7 cm³/mol. The van der Waals surface area contributed by atoms with Crippen molar-refractivity contribution in [3.8, 4) is 0 Å². The lowest BCUT2D eigenvalue weighted by Crippen LogP contribution is -2.10. The SMILES string of the molecule is CC1=C(C)C(=NO)C=CC1=O. The average molecular weight is 151 g/mol. The molecule has 0 saturated heterocycles. The molecule has 1 N–H and O–H groups in total. The predicted octanol–water partition coefficient (Wildman–Crippen LogP) is 1.29. The molecule has 1 aliphatic rings. The second-order valence-corrected chi connectivity index (χ2v) is 2.43. The van der Waals surface area contributed by atoms with E-state index in [-0.39, 0.29) is 5.78 Å². The van der Waals surface area contributed by atoms with Crippen molar-refractivity contribution in [3.05, 3.63) is 23.3 Å². The number of nitrogens with zero attached hydrogens (tertiary/aromatic N) is 1. The topological polar surface area (TPSA) is 49.7 Å². The molecular weight excluding hydrogens is 142 g/mol. The Morgan fingerprint density at radius 2 is 1.91 bits per heavy atom. The zero-order valence-electron chi connectivity index (χ0n) is 6.46. The number of hydrogen-bond acceptors (Lipinski definition) is 3. The van der Waals surface area contributed by atoms with E-state index in [1.165, 1.54) is 12.2 Å². The maximum absolute atomic E-state index is 11.0. The normalized spacial score (nSPS) is 21.6. The largest absolute Gasteiger partial charge is 0.410 e. The van der Waals surface area contributed by atoms with E-state index in [0.29, 0.717) is 11.3 Å². The van der Waals surface area contributed by atoms with E-state index in [1.807, 2.05) is 0 Å². The quantitative estimate of drug-likeness (QED) is 0.322. The first-order valence-corrected chi connectivity index (χ1v) is 3.29. The van der Waals surface area contributed by atoms with E-state index in [4.69, 9.17) is 5.21 Å². The van der Waals surface area contributed by atoms with Gasteiger partial charge in [-0.1, -0.05) is 5.16 Å². The van der Waals surface area contributed by atoms with Crippen LogP contribution < -0.4 is 0 Å². The minimum atomic E-state index is -0.0186. The van der Waals surface area contributed by atoms with Crippen molar-refractivity contribution in [2.75, 3.05) is 0 Å². The minimum Gasteiger partial charge on any atom is -0.410 e. The summed E-state index contributed by atoms with van der Waals surface area (Å²) in [5, 5.41) is 11.5. The Hall–Kier alpha value is -1.38. The fraction of sp³-hybridized carbons (Fsp3) is 0.250. The zero-order valence-corrected chi connectivity index (χ0v) is 6.46. The number of hydrogen-bond donors (Lipinski definition) is 1. The van der Waals surface area contributed by atoms with Crippen molar-refractivity contribution < 1.29 is 10.0 Å². The third kappa shape index (κ3) is 1.22. The van der Waals surface area contributed by atoms with Gasteiger partial charge in [0.1, 0.15) is 5.71 Å². The van der Waals surface area contributed by atoms with Crippen molar-refractivity contribution in [1.29, 1.82) is 0 Å². The number of carbonyl (C=O) groups is 1. The van der Waals surface area contributed by atoms with Gasteiger partial charge < -0.3 is 5.21 Å². The van der Waals surface area contributed by atoms with Crippen LogP contribution in [0.2, 0.25) is 0 Å². The Labute approximate surface area is 64.7 Å². The Morgan fingerprint density at radius 1 is 1.27 bits per heavy atom. The van der Waals surface area contributed by atoms with Crippen LogP contribution in [0.1, 0.15) is 13.8 Å². The van der Waals surface area contributed by atoms with Crippen LogP contribution in [-0.2, 0) is 4.79 Å². The number of rotatable bonds is 0. The standard InChI is InChI=1S/C8H9NO2/c1-5-6(2)8(10)4-3-7(5)9-11/h3-4,11H,1-2H3. The monoisotopic (exact) mass is 151 g/mol. The molecule has 0 heterocycles. The molecule has 11 heavy (non-hydrogen) atoms. The summed E-state index contributed by atoms with van der Waals surface area (Å²) in [7, 11) is 0. The maximum Gasteiger partial charge on any atom is 0.181 e. The van der Waals surface area contributed by atoms with Crippen molar-refractivity contribution in [2.45, 2.75) is 13.8 Å². The van der Waals surface area contributed by atoms with Gasteiger partial charge in [0.05, 0.1) is 0 Å². The molecule has 0 aromatic rings. The number of oxime groups is 1. The average Bonchev–Trinajstić information content (AvgIpc) is 2.01. The highest BCUT2D eigenvalue weighted by atomic mass is 16.4. The van der Waals surface area contributed by atoms with Crippen LogP contribution in [0.5, 0.6) is 0 Å². The molecule has 0 aromatic heterocycles. The summed E-state index contributed by atoms with van der Waals surface area (Å²) in [5.41, 5.74) is 1.84. The number of ketones is 1. The van der Waals surface area contributed by atoms with Gasteiger partial charge in [-0.25, -0.2) is 0 Å². The third-order valence-corrected chi connectivity index (χ3v) is 1.82. The highest BCUT2D eigenvalue weighted by Crippen LogP contribution is 2.13. The Kier molecular flexibility index (Phi) is 1.89. The fourth-order valence-electron chi connectivity index (χ4n) is 0.890. The lowest BCUT2D eigenvalue weighted by Gasteiger charge is -2.07. The van der Waals surface area contributed by atoms with E-state index < -0.39 is 0 Å². The molecule has 0 atom stereocenters. The first-order valence-electron chi connectivity index (χ1n) is 3.29. The number of carbonyl (C=O) groups excluding carboxylic acids is 1. The van der Waals surface area contributed by atoms with Gasteiger partial charge in [0.2, 0.25) is 0 Å². The second kappa shape index (κ2) is 2.70. The van der Waals surface area contributed by atoms with Crippen LogP contribution in [0.15, 0.2) is 28.5 Å². The molecule has 1 aliphatic carbocycles. The van der Waals surface area contributed by atoms with Gasteiger partial charge in [-0.3, -0.25) is 4.79 Å². The molecule has 0 amide bonds. The Balaban J connectivity index is 3.14. The molecule has 58 valence electrons. The molecule has 0 spiro atoms. The lowest BCUT2D eigenvalue weighted by molar-refractivity contribution is -0.111. The van der Waals surface area contributed by atoms with Crippen molar-refractivity contribution >= 4 is 11.5 Å². The van der Waals surface area contributed by atoms with Gasteiger partial charge in [0.15, 0.2) is 5.78 Å². The molecule has 3 heteroatoms. The second-order valence-electron chi connectivity index (χ2n) is 2.43. The van der Waals surface area contributed by atoms with Crippen LogP contribution in [-0.4, -0.2) is 16.7 Å². The van der Waals surface area contributed by atoms with E-state index in [2.05, 4.69) is 5.16 Å². The maximum atomic E-state index is 11.0. The molecule has 1 rings (SSSR count). The lowest BCUT2D eigenvalue weighted by atomic mass is 9.97. The highest BCUT2D eigenvalue weighted by molar-refractivity contribution is 6.21. The van der Waals surface area contributed by atoms with Crippen molar-refractivity contribution in [2.24, 2.45) is 5.16 Å². The summed E-state index contributed by atoms with van der Waals surface area (Å²) in [5.74, 6) is -0.0186. The van der Waals surface area contributed by atoms with Gasteiger partial charge >= 0.3 is 0 Å². The van der Waals surface area contributed by atoms with Gasteiger partial charge in [0, 0.05) is 5.57 Å². The summed E-state index contributed by atoms with van der Waals surface area (Å²) in [6.07, 6.45) is 2.90. The summed E-state index contributed by atoms with van der Waals surface area (Å²) < 4.78 is 0. The molecule has 0 unspecified atom stereocenters. The smallest absolute Gasteiger partial charge is 0.181 e. The molecule has 0 saturated carbocycles. The summed E-state index contributed by atoms with van der Waals surface area (Å²) in [4.78, 5) is 11.0. The van der Waals surface area contributed by atoms with Gasteiger partial charge in [0.25, 0.3) is 0 Å². The highest BCUT2D eigenvalue weighted by Gasteiger charge is 2.13. The van der Waals surface area contributed by atoms with E-state index in [0.717, 1.165) is 5.57 Å². The first-order chi connectivity index (χ1) is 5.16. The Morgan fingerprint density at radius 3 is 2.45 bits per heavy atom. The van der Waals surface area contributed by atoms with E-state index >= 15 is 0 Å². The van der Waals surface area contributed by atoms with Crippen LogP contribution in [0.4, 0.5) is 0 Å². The van der Waals surface area contributed by atoms with Gasteiger partial charge in [-0.15, -0.1) is 0 Å². The van der Waals surface area contributed by atoms with Gasteiger partial charge in [-0.05, 0) is 31.6 Å². The fourth-order valence-corrected chi connectivity index (χ4v) is 0.890. The van der Waals surface area contributed by atoms with Crippen LogP contribution in [0, 0.1) is 0 Å². The summed E-state index contributed by atoms with van der Waals surface area (Å²) >= 11 is 0.